The lowest BCUT2D eigenvalue weighted by Crippen LogP contribution is -2.62. The lowest BCUT2D eigenvalue weighted by molar-refractivity contribution is -0.379. The predicted molar refractivity (Wildman–Crippen MR) is 125 cm³/mol. The molecule has 2 aliphatic heterocycles. The lowest BCUT2D eigenvalue weighted by atomic mass is 9.73. The lowest BCUT2D eigenvalue weighted by Gasteiger charge is -2.50. The Kier molecular flexibility index (Phi) is 8.29. The van der Waals surface area contributed by atoms with Crippen LogP contribution in [0.5, 0.6) is 0 Å². The first-order valence-electron chi connectivity index (χ1n) is 12.5. The second-order valence-corrected chi connectivity index (χ2v) is 11.3. The number of hydrogen-bond donors (Lipinski definition) is 6. The standard InChI is InChI=1S/C25H44N2O6/c1-5-24(4,15-23(2,3)27-22(31)17-10-9-13-26-17)12-8-6-7-11-18-19-21(30)20(29)16(14-28)25(19,32)33-18/h6-7,16-21,26,28-30,32H,5,8-15H2,1-4H3,(H,27,31). The van der Waals surface area contributed by atoms with Crippen LogP contribution in [0.25, 0.3) is 0 Å². The van der Waals surface area contributed by atoms with E-state index < -0.39 is 36.4 Å². The van der Waals surface area contributed by atoms with E-state index in [1.54, 1.807) is 0 Å². The highest BCUT2D eigenvalue weighted by molar-refractivity contribution is 5.82. The van der Waals surface area contributed by atoms with Gasteiger partial charge in [0.1, 0.15) is 0 Å². The SMILES string of the molecule is CCC(C)(CCC=CCC1OC2(O)C(CO)C(O)C(O)C12)CC(C)(C)NC(=O)C1CCCN1. The molecule has 0 radical (unpaired) electrons. The van der Waals surface area contributed by atoms with Gasteiger partial charge >= 0.3 is 0 Å². The third kappa shape index (κ3) is 5.63. The van der Waals surface area contributed by atoms with Crippen LogP contribution in [-0.4, -0.2) is 75.2 Å². The number of hydrogen-bond acceptors (Lipinski definition) is 7. The van der Waals surface area contributed by atoms with E-state index in [0.29, 0.717) is 6.42 Å². The van der Waals surface area contributed by atoms with Crippen molar-refractivity contribution in [2.24, 2.45) is 17.3 Å². The van der Waals surface area contributed by atoms with Crippen molar-refractivity contribution in [1.29, 1.82) is 0 Å². The van der Waals surface area contributed by atoms with Crippen LogP contribution in [0.1, 0.15) is 72.6 Å². The summed E-state index contributed by atoms with van der Waals surface area (Å²) < 4.78 is 5.59. The summed E-state index contributed by atoms with van der Waals surface area (Å²) in [6, 6.07) is -0.0707. The van der Waals surface area contributed by atoms with E-state index in [1.807, 2.05) is 6.08 Å². The zero-order valence-corrected chi connectivity index (χ0v) is 20.6. The maximum atomic E-state index is 12.6. The van der Waals surface area contributed by atoms with E-state index in [2.05, 4.69) is 44.4 Å². The minimum Gasteiger partial charge on any atom is -0.396 e. The Morgan fingerprint density at radius 1 is 1.24 bits per heavy atom. The van der Waals surface area contributed by atoms with E-state index >= 15 is 0 Å². The molecule has 1 saturated carbocycles. The van der Waals surface area contributed by atoms with Gasteiger partial charge in [0.05, 0.1) is 42.8 Å². The van der Waals surface area contributed by atoms with E-state index in [9.17, 15) is 25.2 Å². The number of allylic oxidation sites excluding steroid dienone is 1. The fourth-order valence-electron chi connectivity index (χ4n) is 6.13. The highest BCUT2D eigenvalue weighted by Crippen LogP contribution is 2.53. The number of rotatable bonds is 11. The molecule has 0 aromatic heterocycles. The van der Waals surface area contributed by atoms with Gasteiger partial charge in [-0.25, -0.2) is 0 Å². The van der Waals surface area contributed by atoms with Crippen molar-refractivity contribution in [2.45, 2.75) is 108 Å². The topological polar surface area (TPSA) is 131 Å². The van der Waals surface area contributed by atoms with Gasteiger partial charge in [0.25, 0.3) is 0 Å². The van der Waals surface area contributed by atoms with Gasteiger partial charge in [-0.3, -0.25) is 4.79 Å². The van der Waals surface area contributed by atoms with Gasteiger partial charge in [-0.05, 0) is 64.3 Å². The second-order valence-electron chi connectivity index (χ2n) is 11.3. The van der Waals surface area contributed by atoms with Gasteiger partial charge in [0, 0.05) is 5.54 Å². The van der Waals surface area contributed by atoms with Gasteiger partial charge in [0.2, 0.25) is 5.91 Å². The normalized spacial score (nSPS) is 38.2. The Labute approximate surface area is 197 Å². The van der Waals surface area contributed by atoms with Crippen LogP contribution in [0.3, 0.4) is 0 Å². The average molecular weight is 469 g/mol. The zero-order chi connectivity index (χ0) is 24.4. The molecule has 2 saturated heterocycles. The molecule has 1 amide bonds. The molecule has 0 spiro atoms. The summed E-state index contributed by atoms with van der Waals surface area (Å²) in [7, 11) is 0. The number of carbonyl (C=O) groups excluding carboxylic acids is 1. The Bertz CT molecular complexity index is 709. The monoisotopic (exact) mass is 468 g/mol. The third-order valence-electron chi connectivity index (χ3n) is 8.09. The first kappa shape index (κ1) is 26.6. The van der Waals surface area contributed by atoms with Crippen LogP contribution in [0.4, 0.5) is 0 Å². The van der Waals surface area contributed by atoms with Gasteiger partial charge in [-0.2, -0.15) is 0 Å². The van der Waals surface area contributed by atoms with Crippen LogP contribution in [-0.2, 0) is 9.53 Å². The van der Waals surface area contributed by atoms with Crippen molar-refractivity contribution in [3.05, 3.63) is 12.2 Å². The van der Waals surface area contributed by atoms with Crippen molar-refractivity contribution in [2.75, 3.05) is 13.2 Å². The van der Waals surface area contributed by atoms with Crippen molar-refractivity contribution in [1.82, 2.24) is 10.6 Å². The highest BCUT2D eigenvalue weighted by atomic mass is 16.7. The number of carbonyl (C=O) groups is 1. The summed E-state index contributed by atoms with van der Waals surface area (Å²) >= 11 is 0. The second kappa shape index (κ2) is 10.3. The minimum absolute atomic E-state index is 0.0707. The van der Waals surface area contributed by atoms with Crippen molar-refractivity contribution in [3.63, 3.8) is 0 Å². The van der Waals surface area contributed by atoms with Gasteiger partial charge in [-0.1, -0.05) is 32.4 Å². The average Bonchev–Trinajstić information content (AvgIpc) is 3.31. The van der Waals surface area contributed by atoms with E-state index in [4.69, 9.17) is 4.74 Å². The maximum Gasteiger partial charge on any atom is 0.237 e. The molecule has 1 aliphatic carbocycles. The summed E-state index contributed by atoms with van der Waals surface area (Å²) in [5.74, 6) is -3.01. The fourth-order valence-corrected chi connectivity index (χ4v) is 6.13. The summed E-state index contributed by atoms with van der Waals surface area (Å²) in [5.41, 5.74) is -0.208. The first-order valence-corrected chi connectivity index (χ1v) is 12.5. The summed E-state index contributed by atoms with van der Waals surface area (Å²) in [5, 5.41) is 46.8. The van der Waals surface area contributed by atoms with Crippen LogP contribution in [0.15, 0.2) is 12.2 Å². The van der Waals surface area contributed by atoms with Crippen LogP contribution < -0.4 is 10.6 Å². The molecule has 6 N–H and O–H groups in total. The molecule has 0 aromatic rings. The quantitative estimate of drug-likeness (QED) is 0.251. The molecule has 3 rings (SSSR count). The minimum atomic E-state index is -1.64. The molecule has 190 valence electrons. The van der Waals surface area contributed by atoms with Gasteiger partial charge in [-0.15, -0.1) is 0 Å². The van der Waals surface area contributed by atoms with Gasteiger partial charge < -0.3 is 35.8 Å². The molecule has 3 fully saturated rings. The molecule has 0 bridgehead atoms. The van der Waals surface area contributed by atoms with Crippen LogP contribution in [0, 0.1) is 17.3 Å². The Hall–Kier alpha value is -1.03. The van der Waals surface area contributed by atoms with Crippen LogP contribution >= 0.6 is 0 Å². The molecule has 2 heterocycles. The Morgan fingerprint density at radius 3 is 2.58 bits per heavy atom. The van der Waals surface area contributed by atoms with E-state index in [-0.39, 0.29) is 29.0 Å². The number of nitrogens with one attached hydrogen (secondary N) is 2. The molecule has 8 nitrogen and oxygen atoms in total. The van der Waals surface area contributed by atoms with Crippen molar-refractivity contribution >= 4 is 5.91 Å². The van der Waals surface area contributed by atoms with Gasteiger partial charge in [0.15, 0.2) is 5.79 Å². The largest absolute Gasteiger partial charge is 0.396 e. The fraction of sp³-hybridized carbons (Fsp3) is 0.880. The molecular weight excluding hydrogens is 424 g/mol. The summed E-state index contributed by atoms with van der Waals surface area (Å²) in [6.07, 6.45) is 7.69. The highest BCUT2D eigenvalue weighted by Gasteiger charge is 2.69. The molecule has 8 unspecified atom stereocenters. The number of fused-ring (bicyclic) bond motifs is 1. The molecule has 33 heavy (non-hydrogen) atoms. The van der Waals surface area contributed by atoms with Crippen molar-refractivity contribution < 1.29 is 30.0 Å². The number of aliphatic hydroxyl groups excluding tert-OH is 3. The smallest absolute Gasteiger partial charge is 0.237 e. The number of amides is 1. The molecule has 0 aromatic carbocycles. The van der Waals surface area contributed by atoms with Crippen LogP contribution in [0.2, 0.25) is 0 Å². The summed E-state index contributed by atoms with van der Waals surface area (Å²) in [4.78, 5) is 12.6. The Morgan fingerprint density at radius 2 is 1.97 bits per heavy atom. The molecule has 8 atom stereocenters. The number of ether oxygens (including phenoxy) is 1. The van der Waals surface area contributed by atoms with E-state index in [0.717, 1.165) is 45.1 Å². The Balaban J connectivity index is 1.45. The zero-order valence-electron chi connectivity index (χ0n) is 20.6. The van der Waals surface area contributed by atoms with Crippen molar-refractivity contribution in [3.8, 4) is 0 Å². The summed E-state index contributed by atoms with van der Waals surface area (Å²) in [6.45, 7) is 9.12. The maximum absolute atomic E-state index is 12.6. The van der Waals surface area contributed by atoms with E-state index in [1.165, 1.54) is 0 Å². The molecule has 3 aliphatic rings. The number of aliphatic hydroxyl groups is 4. The predicted octanol–water partition coefficient (Wildman–Crippen LogP) is 1.21. The molecular formula is C25H44N2O6. The third-order valence-corrected chi connectivity index (χ3v) is 8.09. The molecule has 8 heteroatoms. The first-order chi connectivity index (χ1) is 15.5.